The van der Waals surface area contributed by atoms with E-state index in [0.717, 1.165) is 33.9 Å². The van der Waals surface area contributed by atoms with Gasteiger partial charge in [-0.1, -0.05) is 67.4 Å². The smallest absolute Gasteiger partial charge is 0.416 e. The molecule has 0 saturated carbocycles. The maximum Gasteiger partial charge on any atom is 0.416 e. The Labute approximate surface area is 256 Å². The van der Waals surface area contributed by atoms with Gasteiger partial charge in [-0.15, -0.1) is 0 Å². The zero-order valence-electron chi connectivity index (χ0n) is 25.7. The van der Waals surface area contributed by atoms with Crippen molar-refractivity contribution in [3.63, 3.8) is 0 Å². The van der Waals surface area contributed by atoms with Crippen LogP contribution in [0.1, 0.15) is 71.6 Å². The van der Waals surface area contributed by atoms with Crippen molar-refractivity contribution in [2.75, 3.05) is 11.5 Å². The molecule has 0 aliphatic carbocycles. The molecule has 9 heteroatoms. The van der Waals surface area contributed by atoms with Gasteiger partial charge in [0, 0.05) is 19.5 Å². The minimum atomic E-state index is -4.47. The van der Waals surface area contributed by atoms with E-state index in [9.17, 15) is 18.0 Å². The molecule has 0 amide bonds. The molecule has 232 valence electrons. The van der Waals surface area contributed by atoms with Crippen molar-refractivity contribution in [3.8, 4) is 16.9 Å². The molecule has 0 saturated heterocycles. The number of benzene rings is 3. The number of halogens is 3. The Balaban J connectivity index is 1.73. The van der Waals surface area contributed by atoms with Crippen molar-refractivity contribution >= 4 is 11.9 Å². The van der Waals surface area contributed by atoms with Crippen LogP contribution in [0.15, 0.2) is 67.0 Å². The summed E-state index contributed by atoms with van der Waals surface area (Å²) in [6.07, 6.45) is -1.14. The number of rotatable bonds is 12. The van der Waals surface area contributed by atoms with E-state index in [4.69, 9.17) is 9.84 Å². The molecule has 0 unspecified atom stereocenters. The van der Waals surface area contributed by atoms with Crippen LogP contribution in [-0.2, 0) is 24.1 Å². The zero-order valence-corrected chi connectivity index (χ0v) is 25.7. The first-order valence-electron chi connectivity index (χ1n) is 14.6. The maximum absolute atomic E-state index is 13.7. The number of hydrogen-bond acceptors (Lipinski definition) is 5. The Hall–Kier alpha value is -4.40. The first-order chi connectivity index (χ1) is 20.8. The van der Waals surface area contributed by atoms with Crippen molar-refractivity contribution in [2.24, 2.45) is 0 Å². The summed E-state index contributed by atoms with van der Waals surface area (Å²) in [6, 6.07) is 16.8. The highest BCUT2D eigenvalue weighted by Crippen LogP contribution is 2.34. The van der Waals surface area contributed by atoms with Gasteiger partial charge in [-0.25, -0.2) is 9.97 Å². The standard InChI is InChI=1S/C35H38F3N3O3/c1-22(2)27-11-9-25(5)31(17-27)32-15-23(3)8-10-28(32)21-41(20-26-13-24(4)14-29(16-26)35(36,37)38)34-39-18-30(19-40-34)44-12-6-7-33(42)43/h8-11,13-19,22H,6-7,12,20-21H2,1-5H3,(H,42,43). The first-order valence-corrected chi connectivity index (χ1v) is 14.6. The molecule has 0 bridgehead atoms. The SMILES string of the molecule is Cc1cc(CN(Cc2ccc(C)cc2-c2cc(C(C)C)ccc2C)c2ncc(OCCCC(=O)O)cn2)cc(C(F)(F)F)c1. The lowest BCUT2D eigenvalue weighted by Gasteiger charge is -2.26. The normalized spacial score (nSPS) is 11.6. The average molecular weight is 606 g/mol. The quantitative estimate of drug-likeness (QED) is 0.163. The molecule has 0 atom stereocenters. The second-order valence-corrected chi connectivity index (χ2v) is 11.5. The van der Waals surface area contributed by atoms with Gasteiger partial charge >= 0.3 is 12.1 Å². The van der Waals surface area contributed by atoms with Crippen LogP contribution in [0.2, 0.25) is 0 Å². The second kappa shape index (κ2) is 13.9. The molecule has 6 nitrogen and oxygen atoms in total. The molecule has 0 aliphatic rings. The summed E-state index contributed by atoms with van der Waals surface area (Å²) in [6.45, 7) is 10.8. The molecule has 1 aromatic heterocycles. The van der Waals surface area contributed by atoms with E-state index in [1.54, 1.807) is 13.0 Å². The predicted octanol–water partition coefficient (Wildman–Crippen LogP) is 8.66. The lowest BCUT2D eigenvalue weighted by atomic mass is 9.90. The van der Waals surface area contributed by atoms with Gasteiger partial charge in [-0.05, 0) is 78.6 Å². The molecule has 44 heavy (non-hydrogen) atoms. The van der Waals surface area contributed by atoms with Crippen molar-refractivity contribution in [3.05, 3.63) is 106 Å². The lowest BCUT2D eigenvalue weighted by molar-refractivity contribution is -0.138. The van der Waals surface area contributed by atoms with Crippen LogP contribution in [0.25, 0.3) is 11.1 Å². The summed E-state index contributed by atoms with van der Waals surface area (Å²) in [7, 11) is 0. The number of aryl methyl sites for hydroxylation is 3. The van der Waals surface area contributed by atoms with Crippen LogP contribution < -0.4 is 9.64 Å². The molecule has 0 aliphatic heterocycles. The van der Waals surface area contributed by atoms with Gasteiger partial charge in [0.2, 0.25) is 5.95 Å². The van der Waals surface area contributed by atoms with Crippen LogP contribution >= 0.6 is 0 Å². The number of carboxylic acid groups (broad SMARTS) is 1. The molecular formula is C35H38F3N3O3. The van der Waals surface area contributed by atoms with Gasteiger partial charge in [0.1, 0.15) is 0 Å². The Morgan fingerprint density at radius 3 is 2.30 bits per heavy atom. The van der Waals surface area contributed by atoms with Crippen LogP contribution in [0.5, 0.6) is 5.75 Å². The summed E-state index contributed by atoms with van der Waals surface area (Å²) in [5, 5.41) is 8.84. The van der Waals surface area contributed by atoms with E-state index in [0.29, 0.717) is 41.7 Å². The Morgan fingerprint density at radius 2 is 1.64 bits per heavy atom. The summed E-state index contributed by atoms with van der Waals surface area (Å²) < 4.78 is 46.7. The monoisotopic (exact) mass is 605 g/mol. The summed E-state index contributed by atoms with van der Waals surface area (Å²) in [4.78, 5) is 21.6. The lowest BCUT2D eigenvalue weighted by Crippen LogP contribution is -2.25. The van der Waals surface area contributed by atoms with Crippen LogP contribution in [0, 0.1) is 20.8 Å². The molecule has 3 aromatic carbocycles. The van der Waals surface area contributed by atoms with E-state index in [2.05, 4.69) is 61.1 Å². The predicted molar refractivity (Wildman–Crippen MR) is 166 cm³/mol. The highest BCUT2D eigenvalue weighted by molar-refractivity contribution is 5.72. The molecular weight excluding hydrogens is 567 g/mol. The minimum Gasteiger partial charge on any atom is -0.490 e. The van der Waals surface area contributed by atoms with Gasteiger partial charge in [0.15, 0.2) is 5.75 Å². The summed E-state index contributed by atoms with van der Waals surface area (Å²) in [5.74, 6) is 0.159. The van der Waals surface area contributed by atoms with Gasteiger partial charge in [0.05, 0.1) is 24.6 Å². The number of aliphatic carboxylic acids is 1. The van der Waals surface area contributed by atoms with Crippen LogP contribution in [0.3, 0.4) is 0 Å². The van der Waals surface area contributed by atoms with Gasteiger partial charge < -0.3 is 14.7 Å². The highest BCUT2D eigenvalue weighted by Gasteiger charge is 2.31. The highest BCUT2D eigenvalue weighted by atomic mass is 19.4. The maximum atomic E-state index is 13.7. The molecule has 0 radical (unpaired) electrons. The largest absolute Gasteiger partial charge is 0.490 e. The minimum absolute atomic E-state index is 0.0123. The van der Waals surface area contributed by atoms with Gasteiger partial charge in [-0.2, -0.15) is 13.2 Å². The Morgan fingerprint density at radius 1 is 0.909 bits per heavy atom. The number of hydrogen-bond donors (Lipinski definition) is 1. The van der Waals surface area contributed by atoms with Crippen molar-refractivity contribution < 1.29 is 27.8 Å². The van der Waals surface area contributed by atoms with Crippen LogP contribution in [0.4, 0.5) is 19.1 Å². The van der Waals surface area contributed by atoms with E-state index in [-0.39, 0.29) is 19.6 Å². The molecule has 0 spiro atoms. The fraction of sp³-hybridized carbons (Fsp3) is 0.343. The van der Waals surface area contributed by atoms with E-state index in [1.807, 2.05) is 17.9 Å². The van der Waals surface area contributed by atoms with E-state index >= 15 is 0 Å². The Bertz CT molecular complexity index is 1600. The molecule has 4 aromatic rings. The molecule has 1 N–H and O–H groups in total. The number of ether oxygens (including phenoxy) is 1. The number of alkyl halides is 3. The number of anilines is 1. The van der Waals surface area contributed by atoms with E-state index in [1.165, 1.54) is 24.0 Å². The van der Waals surface area contributed by atoms with E-state index < -0.39 is 17.7 Å². The number of carboxylic acids is 1. The zero-order chi connectivity index (χ0) is 32.0. The fourth-order valence-electron chi connectivity index (χ4n) is 5.07. The number of nitrogens with zero attached hydrogens (tertiary/aromatic N) is 3. The first kappa shape index (κ1) is 32.5. The Kier molecular flexibility index (Phi) is 10.3. The number of carbonyl (C=O) groups is 1. The molecule has 1 heterocycles. The number of aromatic nitrogens is 2. The summed E-state index contributed by atoms with van der Waals surface area (Å²) in [5.41, 5.74) is 6.89. The van der Waals surface area contributed by atoms with Crippen molar-refractivity contribution in [1.29, 1.82) is 0 Å². The average Bonchev–Trinajstić information content (AvgIpc) is 2.95. The second-order valence-electron chi connectivity index (χ2n) is 11.5. The molecule has 4 rings (SSSR count). The van der Waals surface area contributed by atoms with Gasteiger partial charge in [-0.3, -0.25) is 4.79 Å². The van der Waals surface area contributed by atoms with Crippen molar-refractivity contribution in [1.82, 2.24) is 9.97 Å². The fourth-order valence-corrected chi connectivity index (χ4v) is 5.07. The van der Waals surface area contributed by atoms with Crippen molar-refractivity contribution in [2.45, 2.75) is 72.6 Å². The third-order valence-corrected chi connectivity index (χ3v) is 7.38. The van der Waals surface area contributed by atoms with Crippen LogP contribution in [-0.4, -0.2) is 27.7 Å². The third kappa shape index (κ3) is 8.58. The third-order valence-electron chi connectivity index (χ3n) is 7.38. The molecule has 0 fully saturated rings. The topological polar surface area (TPSA) is 75.6 Å². The van der Waals surface area contributed by atoms with Gasteiger partial charge in [0.25, 0.3) is 0 Å². The summed E-state index contributed by atoms with van der Waals surface area (Å²) >= 11 is 0.